The van der Waals surface area contributed by atoms with Crippen LogP contribution in [0.4, 0.5) is 0 Å². The summed E-state index contributed by atoms with van der Waals surface area (Å²) >= 11 is 0. The SMILES string of the molecule is COCc1ccc(C(=O)NCc2ccc(C(=O)N(C)C)cc2)cc1. The van der Waals surface area contributed by atoms with E-state index in [2.05, 4.69) is 5.32 Å². The number of amides is 2. The minimum Gasteiger partial charge on any atom is -0.380 e. The Morgan fingerprint density at radius 3 is 2.00 bits per heavy atom. The molecule has 2 aromatic rings. The van der Waals surface area contributed by atoms with Gasteiger partial charge in [-0.15, -0.1) is 0 Å². The standard InChI is InChI=1S/C19H22N2O3/c1-21(2)19(23)17-10-4-14(5-11-17)12-20-18(22)16-8-6-15(7-9-16)13-24-3/h4-11H,12-13H2,1-3H3,(H,20,22). The highest BCUT2D eigenvalue weighted by Crippen LogP contribution is 2.08. The van der Waals surface area contributed by atoms with Gasteiger partial charge in [-0.3, -0.25) is 9.59 Å². The number of carbonyl (C=O) groups excluding carboxylic acids is 2. The van der Waals surface area contributed by atoms with E-state index in [4.69, 9.17) is 4.74 Å². The molecule has 0 heterocycles. The Hall–Kier alpha value is -2.66. The summed E-state index contributed by atoms with van der Waals surface area (Å²) in [6, 6.07) is 14.5. The van der Waals surface area contributed by atoms with Gasteiger partial charge in [0, 0.05) is 38.9 Å². The lowest BCUT2D eigenvalue weighted by Gasteiger charge is -2.11. The van der Waals surface area contributed by atoms with Crippen molar-refractivity contribution in [2.75, 3.05) is 21.2 Å². The van der Waals surface area contributed by atoms with Crippen LogP contribution in [0.1, 0.15) is 31.8 Å². The van der Waals surface area contributed by atoms with E-state index in [9.17, 15) is 9.59 Å². The smallest absolute Gasteiger partial charge is 0.253 e. The Balaban J connectivity index is 1.92. The molecule has 5 nitrogen and oxygen atoms in total. The zero-order valence-corrected chi connectivity index (χ0v) is 14.2. The van der Waals surface area contributed by atoms with E-state index >= 15 is 0 Å². The molecule has 0 aromatic heterocycles. The minimum absolute atomic E-state index is 0.0401. The van der Waals surface area contributed by atoms with E-state index in [1.165, 1.54) is 4.90 Å². The Morgan fingerprint density at radius 1 is 0.917 bits per heavy atom. The van der Waals surface area contributed by atoms with E-state index in [-0.39, 0.29) is 11.8 Å². The van der Waals surface area contributed by atoms with E-state index in [1.807, 2.05) is 24.3 Å². The van der Waals surface area contributed by atoms with Crippen LogP contribution in [0.5, 0.6) is 0 Å². The molecule has 24 heavy (non-hydrogen) atoms. The van der Waals surface area contributed by atoms with Gasteiger partial charge in [0.2, 0.25) is 0 Å². The number of hydrogen-bond acceptors (Lipinski definition) is 3. The number of hydrogen-bond donors (Lipinski definition) is 1. The van der Waals surface area contributed by atoms with E-state index < -0.39 is 0 Å². The second-order valence-corrected chi connectivity index (χ2v) is 5.71. The van der Waals surface area contributed by atoms with E-state index in [0.717, 1.165) is 11.1 Å². The van der Waals surface area contributed by atoms with Crippen molar-refractivity contribution in [2.45, 2.75) is 13.2 Å². The van der Waals surface area contributed by atoms with Crippen molar-refractivity contribution < 1.29 is 14.3 Å². The zero-order chi connectivity index (χ0) is 17.5. The molecule has 0 aliphatic carbocycles. The Labute approximate surface area is 142 Å². The fourth-order valence-corrected chi connectivity index (χ4v) is 2.23. The zero-order valence-electron chi connectivity index (χ0n) is 14.2. The normalized spacial score (nSPS) is 10.3. The number of methoxy groups -OCH3 is 1. The first kappa shape index (κ1) is 17.7. The molecule has 5 heteroatoms. The predicted octanol–water partition coefficient (Wildman–Crippen LogP) is 2.46. The third-order valence-electron chi connectivity index (χ3n) is 3.59. The first-order chi connectivity index (χ1) is 11.5. The molecule has 126 valence electrons. The monoisotopic (exact) mass is 326 g/mol. The van der Waals surface area contributed by atoms with Gasteiger partial charge in [-0.05, 0) is 35.4 Å². The van der Waals surface area contributed by atoms with Crippen molar-refractivity contribution in [1.29, 1.82) is 0 Å². The fraction of sp³-hybridized carbons (Fsp3) is 0.263. The van der Waals surface area contributed by atoms with E-state index in [1.54, 1.807) is 45.5 Å². The molecule has 0 aliphatic rings. The van der Waals surface area contributed by atoms with Gasteiger partial charge in [-0.1, -0.05) is 24.3 Å². The maximum atomic E-state index is 12.1. The number of carbonyl (C=O) groups is 2. The van der Waals surface area contributed by atoms with Gasteiger partial charge < -0.3 is 15.0 Å². The summed E-state index contributed by atoms with van der Waals surface area (Å²) in [5, 5.41) is 2.87. The number of rotatable bonds is 6. The minimum atomic E-state index is -0.132. The number of nitrogens with one attached hydrogen (secondary N) is 1. The molecule has 2 rings (SSSR count). The largest absolute Gasteiger partial charge is 0.380 e. The molecule has 0 spiro atoms. The van der Waals surface area contributed by atoms with Crippen LogP contribution in [0.2, 0.25) is 0 Å². The summed E-state index contributed by atoms with van der Waals surface area (Å²) in [5.74, 6) is -0.172. The Bertz CT molecular complexity index is 692. The molecule has 2 amide bonds. The van der Waals surface area contributed by atoms with Crippen molar-refractivity contribution in [3.05, 3.63) is 70.8 Å². The van der Waals surface area contributed by atoms with Gasteiger partial charge in [0.25, 0.3) is 11.8 Å². The van der Waals surface area contributed by atoms with Gasteiger partial charge in [0.1, 0.15) is 0 Å². The van der Waals surface area contributed by atoms with Gasteiger partial charge >= 0.3 is 0 Å². The summed E-state index contributed by atoms with van der Waals surface area (Å²) in [4.78, 5) is 25.5. The molecule has 0 saturated carbocycles. The quantitative estimate of drug-likeness (QED) is 0.887. The van der Waals surface area contributed by atoms with Gasteiger partial charge in [-0.25, -0.2) is 0 Å². The van der Waals surface area contributed by atoms with Crippen LogP contribution in [0.25, 0.3) is 0 Å². The number of nitrogens with zero attached hydrogens (tertiary/aromatic N) is 1. The van der Waals surface area contributed by atoms with E-state index in [0.29, 0.717) is 24.3 Å². The highest BCUT2D eigenvalue weighted by Gasteiger charge is 2.08. The summed E-state index contributed by atoms with van der Waals surface area (Å²) in [7, 11) is 5.07. The molecule has 1 N–H and O–H groups in total. The Kier molecular flexibility index (Phi) is 6.09. The molecule has 0 atom stereocenters. The topological polar surface area (TPSA) is 58.6 Å². The van der Waals surface area contributed by atoms with Crippen LogP contribution in [0.15, 0.2) is 48.5 Å². The third-order valence-corrected chi connectivity index (χ3v) is 3.59. The molecule has 0 unspecified atom stereocenters. The molecule has 0 saturated heterocycles. The van der Waals surface area contributed by atoms with Crippen LogP contribution in [0, 0.1) is 0 Å². The molecule has 0 fully saturated rings. The summed E-state index contributed by atoms with van der Waals surface area (Å²) in [6.45, 7) is 0.939. The van der Waals surface area contributed by atoms with Gasteiger partial charge in [0.05, 0.1) is 6.61 Å². The molecule has 0 radical (unpaired) electrons. The lowest BCUT2D eigenvalue weighted by molar-refractivity contribution is 0.0827. The maximum absolute atomic E-state index is 12.1. The van der Waals surface area contributed by atoms with Crippen LogP contribution in [-0.2, 0) is 17.9 Å². The van der Waals surface area contributed by atoms with Crippen LogP contribution in [-0.4, -0.2) is 37.9 Å². The second-order valence-electron chi connectivity index (χ2n) is 5.71. The Morgan fingerprint density at radius 2 is 1.46 bits per heavy atom. The summed E-state index contributed by atoms with van der Waals surface area (Å²) in [6.07, 6.45) is 0. The first-order valence-corrected chi connectivity index (χ1v) is 7.68. The fourth-order valence-electron chi connectivity index (χ4n) is 2.23. The number of ether oxygens (including phenoxy) is 1. The summed E-state index contributed by atoms with van der Waals surface area (Å²) in [5.41, 5.74) is 3.20. The van der Waals surface area contributed by atoms with Gasteiger partial charge in [0.15, 0.2) is 0 Å². The molecular formula is C19H22N2O3. The molecule has 0 aliphatic heterocycles. The number of benzene rings is 2. The average Bonchev–Trinajstić information content (AvgIpc) is 2.60. The first-order valence-electron chi connectivity index (χ1n) is 7.68. The lowest BCUT2D eigenvalue weighted by atomic mass is 10.1. The van der Waals surface area contributed by atoms with Crippen molar-refractivity contribution in [3.8, 4) is 0 Å². The highest BCUT2D eigenvalue weighted by molar-refractivity contribution is 5.94. The van der Waals surface area contributed by atoms with Crippen molar-refractivity contribution in [2.24, 2.45) is 0 Å². The summed E-state index contributed by atoms with van der Waals surface area (Å²) < 4.78 is 5.05. The predicted molar refractivity (Wildman–Crippen MR) is 92.8 cm³/mol. The van der Waals surface area contributed by atoms with Crippen LogP contribution < -0.4 is 5.32 Å². The van der Waals surface area contributed by atoms with Gasteiger partial charge in [-0.2, -0.15) is 0 Å². The molecule has 2 aromatic carbocycles. The third kappa shape index (κ3) is 4.67. The van der Waals surface area contributed by atoms with Crippen molar-refractivity contribution in [1.82, 2.24) is 10.2 Å². The van der Waals surface area contributed by atoms with Crippen LogP contribution >= 0.6 is 0 Å². The van der Waals surface area contributed by atoms with Crippen molar-refractivity contribution in [3.63, 3.8) is 0 Å². The second kappa shape index (κ2) is 8.26. The lowest BCUT2D eigenvalue weighted by Crippen LogP contribution is -2.23. The highest BCUT2D eigenvalue weighted by atomic mass is 16.5. The van der Waals surface area contributed by atoms with Crippen molar-refractivity contribution >= 4 is 11.8 Å². The van der Waals surface area contributed by atoms with Crippen LogP contribution in [0.3, 0.4) is 0 Å². The molecular weight excluding hydrogens is 304 g/mol. The average molecular weight is 326 g/mol. The molecule has 0 bridgehead atoms. The maximum Gasteiger partial charge on any atom is 0.253 e.